The van der Waals surface area contributed by atoms with Crippen LogP contribution in [0.1, 0.15) is 71.2 Å². The van der Waals surface area contributed by atoms with Gasteiger partial charge in [-0.25, -0.2) is 0 Å². The third kappa shape index (κ3) is 3.86. The summed E-state index contributed by atoms with van der Waals surface area (Å²) in [6.45, 7) is 18.9. The Kier molecular flexibility index (Phi) is 5.27. The molecule has 1 heteroatoms. The molecule has 0 radical (unpaired) electrons. The van der Waals surface area contributed by atoms with Gasteiger partial charge in [0.1, 0.15) is 5.78 Å². The van der Waals surface area contributed by atoms with E-state index in [0.717, 1.165) is 0 Å². The van der Waals surface area contributed by atoms with Crippen LogP contribution in [0.25, 0.3) is 0 Å². The highest BCUT2D eigenvalue weighted by Gasteiger charge is 2.35. The van der Waals surface area contributed by atoms with Crippen LogP contribution in [0.5, 0.6) is 0 Å². The fourth-order valence-electron chi connectivity index (χ4n) is 4.13. The summed E-state index contributed by atoms with van der Waals surface area (Å²) >= 11 is 0. The summed E-state index contributed by atoms with van der Waals surface area (Å²) in [4.78, 5) is 13.5. The number of hydrogen-bond donors (Lipinski definition) is 0. The van der Waals surface area contributed by atoms with Gasteiger partial charge < -0.3 is 0 Å². The molecule has 0 aromatic heterocycles. The molecular formula is C24H32O. The molecule has 25 heavy (non-hydrogen) atoms. The van der Waals surface area contributed by atoms with E-state index in [-0.39, 0.29) is 11.7 Å². The number of ketones is 1. The van der Waals surface area contributed by atoms with Crippen LogP contribution >= 0.6 is 0 Å². The van der Waals surface area contributed by atoms with Crippen molar-refractivity contribution < 1.29 is 4.79 Å². The Morgan fingerprint density at radius 2 is 0.960 bits per heavy atom. The van der Waals surface area contributed by atoms with E-state index < -0.39 is 5.41 Å². The molecule has 0 atom stereocenters. The van der Waals surface area contributed by atoms with E-state index in [1.165, 1.54) is 44.5 Å². The highest BCUT2D eigenvalue weighted by Crippen LogP contribution is 2.39. The van der Waals surface area contributed by atoms with Crippen LogP contribution in [0.3, 0.4) is 0 Å². The molecule has 0 fully saturated rings. The van der Waals surface area contributed by atoms with Crippen molar-refractivity contribution in [3.63, 3.8) is 0 Å². The van der Waals surface area contributed by atoms with Crippen LogP contribution in [-0.2, 0) is 4.79 Å². The van der Waals surface area contributed by atoms with Gasteiger partial charge in [0.15, 0.2) is 0 Å². The van der Waals surface area contributed by atoms with E-state index in [1.807, 2.05) is 20.8 Å². The first-order valence-electron chi connectivity index (χ1n) is 9.13. The van der Waals surface area contributed by atoms with Crippen LogP contribution in [0.15, 0.2) is 24.3 Å². The summed E-state index contributed by atoms with van der Waals surface area (Å²) in [5.41, 5.74) is 9.30. The Morgan fingerprint density at radius 3 is 1.20 bits per heavy atom. The van der Waals surface area contributed by atoms with Crippen LogP contribution < -0.4 is 0 Å². The van der Waals surface area contributed by atoms with Gasteiger partial charge in [-0.05, 0) is 74.9 Å². The Labute approximate surface area is 153 Å². The summed E-state index contributed by atoms with van der Waals surface area (Å²) in [5, 5.41) is 0. The molecule has 0 bridgehead atoms. The zero-order valence-corrected chi connectivity index (χ0v) is 17.3. The highest BCUT2D eigenvalue weighted by molar-refractivity contribution is 5.94. The molecule has 2 rings (SSSR count). The van der Waals surface area contributed by atoms with Gasteiger partial charge >= 0.3 is 0 Å². The average molecular weight is 337 g/mol. The topological polar surface area (TPSA) is 17.1 Å². The number of carbonyl (C=O) groups excluding carboxylic acids is 1. The van der Waals surface area contributed by atoms with Crippen molar-refractivity contribution in [2.45, 2.75) is 68.2 Å². The molecule has 0 saturated heterocycles. The molecule has 0 N–H and O–H groups in total. The molecule has 0 aliphatic heterocycles. The summed E-state index contributed by atoms with van der Waals surface area (Å²) in [5.74, 6) is 0.0822. The van der Waals surface area contributed by atoms with Gasteiger partial charge in [0, 0.05) is 5.41 Å². The van der Waals surface area contributed by atoms with E-state index in [0.29, 0.717) is 0 Å². The van der Waals surface area contributed by atoms with Gasteiger partial charge in [0.05, 0.1) is 5.92 Å². The zero-order valence-electron chi connectivity index (χ0n) is 17.3. The number of hydrogen-bond acceptors (Lipinski definition) is 1. The molecule has 0 heterocycles. The number of benzene rings is 2. The molecule has 0 spiro atoms. The van der Waals surface area contributed by atoms with Crippen molar-refractivity contribution >= 4 is 5.78 Å². The molecule has 0 aliphatic carbocycles. The van der Waals surface area contributed by atoms with E-state index >= 15 is 0 Å². The summed E-state index contributed by atoms with van der Waals surface area (Å²) in [7, 11) is 0. The Hall–Kier alpha value is -1.89. The van der Waals surface area contributed by atoms with Crippen molar-refractivity contribution in [3.05, 3.63) is 68.8 Å². The SMILES string of the molecule is Cc1cc(C)c(C(C(=O)C(C)(C)C)c2c(C)cc(C)cc2C)c(C)c1. The molecule has 0 aliphatic rings. The molecule has 1 nitrogen and oxygen atoms in total. The molecule has 2 aromatic carbocycles. The Morgan fingerprint density at radius 1 is 0.680 bits per heavy atom. The largest absolute Gasteiger partial charge is 0.298 e. The highest BCUT2D eigenvalue weighted by atomic mass is 16.1. The summed E-state index contributed by atoms with van der Waals surface area (Å²) < 4.78 is 0. The maximum atomic E-state index is 13.5. The van der Waals surface area contributed by atoms with Crippen molar-refractivity contribution in [1.29, 1.82) is 0 Å². The van der Waals surface area contributed by atoms with Crippen molar-refractivity contribution in [2.75, 3.05) is 0 Å². The summed E-state index contributed by atoms with van der Waals surface area (Å²) in [6, 6.07) is 8.79. The van der Waals surface area contributed by atoms with Crippen LogP contribution in [0, 0.1) is 47.0 Å². The third-order valence-electron chi connectivity index (χ3n) is 5.05. The monoisotopic (exact) mass is 336 g/mol. The molecular weight excluding hydrogens is 304 g/mol. The van der Waals surface area contributed by atoms with E-state index in [9.17, 15) is 4.79 Å². The van der Waals surface area contributed by atoms with E-state index in [4.69, 9.17) is 0 Å². The maximum absolute atomic E-state index is 13.5. The first-order chi connectivity index (χ1) is 11.4. The molecule has 0 amide bonds. The molecule has 0 saturated carbocycles. The van der Waals surface area contributed by atoms with Crippen LogP contribution in [0.4, 0.5) is 0 Å². The Balaban J connectivity index is 2.84. The maximum Gasteiger partial charge on any atom is 0.150 e. The van der Waals surface area contributed by atoms with Crippen LogP contribution in [0.2, 0.25) is 0 Å². The number of rotatable bonds is 3. The Bertz CT molecular complexity index is 715. The second-order valence-electron chi connectivity index (χ2n) is 8.67. The van der Waals surface area contributed by atoms with Crippen molar-refractivity contribution in [2.24, 2.45) is 5.41 Å². The molecule has 0 unspecified atom stereocenters. The first kappa shape index (κ1) is 19.4. The lowest BCUT2D eigenvalue weighted by molar-refractivity contribution is -0.127. The van der Waals surface area contributed by atoms with Gasteiger partial charge in [-0.15, -0.1) is 0 Å². The van der Waals surface area contributed by atoms with Crippen molar-refractivity contribution in [1.82, 2.24) is 0 Å². The second kappa shape index (κ2) is 6.78. The van der Waals surface area contributed by atoms with Gasteiger partial charge in [-0.2, -0.15) is 0 Å². The minimum absolute atomic E-state index is 0.207. The van der Waals surface area contributed by atoms with Gasteiger partial charge in [-0.3, -0.25) is 4.79 Å². The number of aryl methyl sites for hydroxylation is 6. The van der Waals surface area contributed by atoms with Gasteiger partial charge in [0.2, 0.25) is 0 Å². The van der Waals surface area contributed by atoms with Crippen molar-refractivity contribution in [3.8, 4) is 0 Å². The van der Waals surface area contributed by atoms with E-state index in [1.54, 1.807) is 0 Å². The second-order valence-corrected chi connectivity index (χ2v) is 8.67. The first-order valence-corrected chi connectivity index (χ1v) is 9.13. The lowest BCUT2D eigenvalue weighted by Gasteiger charge is -2.30. The molecule has 134 valence electrons. The predicted octanol–water partition coefficient (Wildman–Crippen LogP) is 6.28. The predicted molar refractivity (Wildman–Crippen MR) is 108 cm³/mol. The smallest absolute Gasteiger partial charge is 0.150 e. The zero-order chi connectivity index (χ0) is 19.1. The average Bonchev–Trinajstić information content (AvgIpc) is 2.41. The lowest BCUT2D eigenvalue weighted by atomic mass is 9.72. The normalized spacial score (nSPS) is 11.9. The lowest BCUT2D eigenvalue weighted by Crippen LogP contribution is -2.29. The fraction of sp³-hybridized carbons (Fsp3) is 0.458. The molecule has 2 aromatic rings. The summed E-state index contributed by atoms with van der Waals surface area (Å²) in [6.07, 6.45) is 0. The third-order valence-corrected chi connectivity index (χ3v) is 5.05. The number of carbonyl (C=O) groups is 1. The number of Topliss-reactive ketones (excluding diaryl/α,β-unsaturated/α-hetero) is 1. The van der Waals surface area contributed by atoms with Gasteiger partial charge in [0.25, 0.3) is 0 Å². The van der Waals surface area contributed by atoms with E-state index in [2.05, 4.69) is 65.8 Å². The standard InChI is InChI=1S/C24H32O/c1-14-10-16(3)20(17(4)11-14)22(23(25)24(7,8)9)21-18(5)12-15(2)13-19(21)6/h10-13,22H,1-9H3. The quantitative estimate of drug-likeness (QED) is 0.644. The van der Waals surface area contributed by atoms with Crippen LogP contribution in [-0.4, -0.2) is 5.78 Å². The fourth-order valence-corrected chi connectivity index (χ4v) is 4.13. The minimum atomic E-state index is -0.391. The van der Waals surface area contributed by atoms with Gasteiger partial charge in [-0.1, -0.05) is 56.2 Å². The minimum Gasteiger partial charge on any atom is -0.298 e.